The van der Waals surface area contributed by atoms with Crippen LogP contribution < -0.4 is 5.73 Å². The molecule has 0 saturated heterocycles. The second-order valence-electron chi connectivity index (χ2n) is 3.94. The van der Waals surface area contributed by atoms with Crippen LogP contribution in [-0.4, -0.2) is 9.78 Å². The van der Waals surface area contributed by atoms with Crippen LogP contribution in [0.5, 0.6) is 0 Å². The number of rotatable bonds is 3. The Morgan fingerprint density at radius 1 is 1.17 bits per heavy atom. The summed E-state index contributed by atoms with van der Waals surface area (Å²) >= 11 is 0. The van der Waals surface area contributed by atoms with Gasteiger partial charge < -0.3 is 5.73 Å². The average molecular weight is 255 g/mol. The van der Waals surface area contributed by atoms with Gasteiger partial charge in [-0.25, -0.2) is 0 Å². The topological polar surface area (TPSA) is 43.8 Å². The molecule has 1 heterocycles. The highest BCUT2D eigenvalue weighted by molar-refractivity contribution is 5.18. The van der Waals surface area contributed by atoms with Gasteiger partial charge in [-0.15, -0.1) is 0 Å². The lowest BCUT2D eigenvalue weighted by atomic mass is 10.1. The van der Waals surface area contributed by atoms with Crippen molar-refractivity contribution in [2.45, 2.75) is 18.8 Å². The monoisotopic (exact) mass is 255 g/mol. The zero-order valence-corrected chi connectivity index (χ0v) is 9.43. The van der Waals surface area contributed by atoms with E-state index in [4.69, 9.17) is 5.73 Å². The van der Waals surface area contributed by atoms with E-state index in [0.717, 1.165) is 11.6 Å². The molecule has 96 valence electrons. The maximum atomic E-state index is 12.4. The molecule has 0 amide bonds. The minimum Gasteiger partial charge on any atom is -0.322 e. The van der Waals surface area contributed by atoms with Gasteiger partial charge in [0.1, 0.15) is 0 Å². The van der Waals surface area contributed by atoms with E-state index in [2.05, 4.69) is 5.10 Å². The molecule has 0 aliphatic carbocycles. The zero-order valence-electron chi connectivity index (χ0n) is 9.43. The van der Waals surface area contributed by atoms with Crippen molar-refractivity contribution in [3.8, 4) is 0 Å². The summed E-state index contributed by atoms with van der Waals surface area (Å²) in [6, 6.07) is 9.74. The summed E-state index contributed by atoms with van der Waals surface area (Å²) in [6.45, 7) is 0.208. The van der Waals surface area contributed by atoms with Crippen LogP contribution in [0.1, 0.15) is 17.3 Å². The van der Waals surface area contributed by atoms with Crippen LogP contribution in [0.4, 0.5) is 13.2 Å². The minimum absolute atomic E-state index is 0.208. The van der Waals surface area contributed by atoms with Gasteiger partial charge in [0.2, 0.25) is 0 Å². The number of alkyl halides is 3. The molecule has 3 nitrogen and oxygen atoms in total. The van der Waals surface area contributed by atoms with Crippen molar-refractivity contribution in [2.24, 2.45) is 5.73 Å². The van der Waals surface area contributed by atoms with Crippen molar-refractivity contribution >= 4 is 0 Å². The van der Waals surface area contributed by atoms with Crippen molar-refractivity contribution in [2.75, 3.05) is 0 Å². The molecule has 0 aliphatic rings. The van der Waals surface area contributed by atoms with Gasteiger partial charge in [-0.1, -0.05) is 30.3 Å². The SMILES string of the molecule is NC(Cn1ccc(C(F)(F)F)n1)c1ccccc1. The van der Waals surface area contributed by atoms with Gasteiger partial charge in [0.25, 0.3) is 0 Å². The molecule has 0 fully saturated rings. The normalized spacial score (nSPS) is 13.6. The molecule has 6 heteroatoms. The number of aromatic nitrogens is 2. The summed E-state index contributed by atoms with van der Waals surface area (Å²) in [5.74, 6) is 0. The van der Waals surface area contributed by atoms with Crippen LogP contribution in [-0.2, 0) is 12.7 Å². The second kappa shape index (κ2) is 4.81. The van der Waals surface area contributed by atoms with E-state index in [-0.39, 0.29) is 12.6 Å². The van der Waals surface area contributed by atoms with Gasteiger partial charge in [0.05, 0.1) is 6.54 Å². The van der Waals surface area contributed by atoms with Gasteiger partial charge in [-0.3, -0.25) is 4.68 Å². The first-order valence-electron chi connectivity index (χ1n) is 5.38. The first kappa shape index (κ1) is 12.6. The average Bonchev–Trinajstić information content (AvgIpc) is 2.78. The van der Waals surface area contributed by atoms with Gasteiger partial charge in [-0.05, 0) is 11.6 Å². The molecule has 1 atom stereocenters. The molecule has 1 aromatic carbocycles. The Morgan fingerprint density at radius 2 is 1.83 bits per heavy atom. The highest BCUT2D eigenvalue weighted by atomic mass is 19.4. The molecule has 1 unspecified atom stereocenters. The van der Waals surface area contributed by atoms with E-state index >= 15 is 0 Å². The van der Waals surface area contributed by atoms with Crippen LogP contribution in [0, 0.1) is 0 Å². The van der Waals surface area contributed by atoms with Crippen molar-refractivity contribution in [3.05, 3.63) is 53.9 Å². The summed E-state index contributed by atoms with van der Waals surface area (Å²) in [7, 11) is 0. The molecular formula is C12H12F3N3. The zero-order chi connectivity index (χ0) is 13.2. The van der Waals surface area contributed by atoms with E-state index in [9.17, 15) is 13.2 Å². The predicted molar refractivity (Wildman–Crippen MR) is 60.6 cm³/mol. The van der Waals surface area contributed by atoms with E-state index in [1.807, 2.05) is 30.3 Å². The molecule has 0 aliphatic heterocycles. The molecule has 2 rings (SSSR count). The van der Waals surface area contributed by atoms with Crippen molar-refractivity contribution in [1.82, 2.24) is 9.78 Å². The van der Waals surface area contributed by atoms with Gasteiger partial charge >= 0.3 is 6.18 Å². The Morgan fingerprint density at radius 3 is 2.39 bits per heavy atom. The smallest absolute Gasteiger partial charge is 0.322 e. The Hall–Kier alpha value is -1.82. The van der Waals surface area contributed by atoms with Crippen LogP contribution in [0.25, 0.3) is 0 Å². The Kier molecular flexibility index (Phi) is 3.38. The summed E-state index contributed by atoms with van der Waals surface area (Å²) in [6.07, 6.45) is -3.13. The Balaban J connectivity index is 2.08. The lowest BCUT2D eigenvalue weighted by molar-refractivity contribution is -0.141. The Labute approximate surface area is 102 Å². The molecule has 2 aromatic rings. The summed E-state index contributed by atoms with van der Waals surface area (Å²) in [5, 5.41) is 3.46. The number of halogens is 3. The molecule has 18 heavy (non-hydrogen) atoms. The highest BCUT2D eigenvalue weighted by Crippen LogP contribution is 2.27. The van der Waals surface area contributed by atoms with Crippen LogP contribution >= 0.6 is 0 Å². The number of hydrogen-bond donors (Lipinski definition) is 1. The Bertz CT molecular complexity index is 505. The molecule has 2 N–H and O–H groups in total. The van der Waals surface area contributed by atoms with Crippen LogP contribution in [0.3, 0.4) is 0 Å². The third-order valence-corrected chi connectivity index (χ3v) is 2.54. The van der Waals surface area contributed by atoms with E-state index < -0.39 is 11.9 Å². The van der Waals surface area contributed by atoms with E-state index in [0.29, 0.717) is 0 Å². The first-order valence-corrected chi connectivity index (χ1v) is 5.38. The van der Waals surface area contributed by atoms with Crippen LogP contribution in [0.2, 0.25) is 0 Å². The number of benzene rings is 1. The second-order valence-corrected chi connectivity index (χ2v) is 3.94. The molecule has 0 radical (unpaired) electrons. The number of nitrogens with two attached hydrogens (primary N) is 1. The van der Waals surface area contributed by atoms with Gasteiger partial charge in [-0.2, -0.15) is 18.3 Å². The maximum Gasteiger partial charge on any atom is 0.435 e. The maximum absolute atomic E-state index is 12.4. The summed E-state index contributed by atoms with van der Waals surface area (Å²) in [4.78, 5) is 0. The molecule has 0 bridgehead atoms. The number of hydrogen-bond acceptors (Lipinski definition) is 2. The third kappa shape index (κ3) is 2.89. The standard InChI is InChI=1S/C12H12F3N3/c13-12(14,15)11-6-7-18(17-11)8-10(16)9-4-2-1-3-5-9/h1-7,10H,8,16H2. The lowest BCUT2D eigenvalue weighted by Crippen LogP contribution is -2.18. The molecular weight excluding hydrogens is 243 g/mol. The molecule has 0 saturated carbocycles. The fourth-order valence-electron chi connectivity index (χ4n) is 1.62. The predicted octanol–water partition coefficient (Wildman–Crippen LogP) is 2.60. The van der Waals surface area contributed by atoms with E-state index in [1.165, 1.54) is 10.9 Å². The molecule has 1 aromatic heterocycles. The fraction of sp³-hybridized carbons (Fsp3) is 0.250. The van der Waals surface area contributed by atoms with Gasteiger partial charge in [0.15, 0.2) is 5.69 Å². The lowest BCUT2D eigenvalue weighted by Gasteiger charge is -2.12. The van der Waals surface area contributed by atoms with Crippen LogP contribution in [0.15, 0.2) is 42.6 Å². The first-order chi connectivity index (χ1) is 8.47. The fourth-order valence-corrected chi connectivity index (χ4v) is 1.62. The van der Waals surface area contributed by atoms with Gasteiger partial charge in [0, 0.05) is 12.2 Å². The molecule has 0 spiro atoms. The highest BCUT2D eigenvalue weighted by Gasteiger charge is 2.33. The summed E-state index contributed by atoms with van der Waals surface area (Å²) in [5.41, 5.74) is 5.87. The van der Waals surface area contributed by atoms with Crippen molar-refractivity contribution < 1.29 is 13.2 Å². The minimum atomic E-state index is -4.41. The third-order valence-electron chi connectivity index (χ3n) is 2.54. The van der Waals surface area contributed by atoms with E-state index in [1.54, 1.807) is 0 Å². The van der Waals surface area contributed by atoms with Crippen molar-refractivity contribution in [1.29, 1.82) is 0 Å². The largest absolute Gasteiger partial charge is 0.435 e. The summed E-state index contributed by atoms with van der Waals surface area (Å²) < 4.78 is 38.3. The quantitative estimate of drug-likeness (QED) is 0.916. The number of nitrogens with zero attached hydrogens (tertiary/aromatic N) is 2. The van der Waals surface area contributed by atoms with Crippen molar-refractivity contribution in [3.63, 3.8) is 0 Å².